The van der Waals surface area contributed by atoms with E-state index in [1.807, 2.05) is 53.4 Å². The summed E-state index contributed by atoms with van der Waals surface area (Å²) in [6, 6.07) is 18.7. The third-order valence-corrected chi connectivity index (χ3v) is 5.55. The second kappa shape index (κ2) is 10.8. The number of morpholine rings is 1. The molecule has 0 aliphatic carbocycles. The Bertz CT molecular complexity index is 1360. The molecule has 10 heteroatoms. The smallest absolute Gasteiger partial charge is 0.245 e. The van der Waals surface area contributed by atoms with Gasteiger partial charge in [-0.1, -0.05) is 30.3 Å². The van der Waals surface area contributed by atoms with Crippen molar-refractivity contribution in [2.75, 3.05) is 41.9 Å². The van der Waals surface area contributed by atoms with Crippen molar-refractivity contribution in [3.63, 3.8) is 0 Å². The molecule has 1 aliphatic heterocycles. The molecular weight excluding hydrogens is 461 g/mol. The number of aromatic hydroxyl groups is 1. The van der Waals surface area contributed by atoms with Gasteiger partial charge in [0, 0.05) is 24.3 Å². The van der Waals surface area contributed by atoms with E-state index in [0.29, 0.717) is 32.0 Å². The number of para-hydroxylation sites is 1. The number of benzene rings is 2. The maximum absolute atomic E-state index is 14.2. The van der Waals surface area contributed by atoms with Crippen molar-refractivity contribution in [3.05, 3.63) is 84.6 Å². The van der Waals surface area contributed by atoms with E-state index in [1.165, 1.54) is 6.21 Å². The summed E-state index contributed by atoms with van der Waals surface area (Å²) in [6.45, 7) is 2.20. The highest BCUT2D eigenvalue weighted by Gasteiger charge is 2.17. The molecule has 0 atom stereocenters. The van der Waals surface area contributed by atoms with E-state index in [4.69, 9.17) is 4.74 Å². The van der Waals surface area contributed by atoms with Crippen LogP contribution in [-0.2, 0) is 4.74 Å². The number of nitrogens with one attached hydrogen (secondary N) is 2. The Balaban J connectivity index is 1.21. The van der Waals surface area contributed by atoms with Crippen molar-refractivity contribution >= 4 is 29.4 Å². The number of nitrogens with zero attached hydrogens (tertiary/aromatic N) is 5. The molecule has 0 unspecified atom stereocenters. The molecule has 0 spiro atoms. The number of phenolic OH excluding ortho intramolecular Hbond substituents is 1. The number of phenols is 1. The third-order valence-electron chi connectivity index (χ3n) is 5.55. The lowest BCUT2D eigenvalue weighted by Gasteiger charge is -2.27. The van der Waals surface area contributed by atoms with Crippen molar-refractivity contribution < 1.29 is 14.2 Å². The first-order valence-electron chi connectivity index (χ1n) is 11.4. The Morgan fingerprint density at radius 2 is 1.83 bits per heavy atom. The van der Waals surface area contributed by atoms with Gasteiger partial charge in [0.05, 0.1) is 43.2 Å². The number of ether oxygens (including phenoxy) is 1. The number of rotatable bonds is 7. The molecule has 0 radical (unpaired) electrons. The molecule has 1 aliphatic rings. The Morgan fingerprint density at radius 3 is 2.64 bits per heavy atom. The second-order valence-corrected chi connectivity index (χ2v) is 8.03. The number of hydrazone groups is 1. The number of anilines is 4. The molecule has 0 saturated carbocycles. The molecule has 5 rings (SSSR count). The SMILES string of the molecule is Oc1ccccc1-c1cccc(Nc2ccc(/C=N/Nc3ncc(F)c(N4CCOCC4)n3)nc2)c1. The van der Waals surface area contributed by atoms with Gasteiger partial charge in [0.25, 0.3) is 0 Å². The van der Waals surface area contributed by atoms with E-state index in [9.17, 15) is 9.50 Å². The number of pyridine rings is 1. The van der Waals surface area contributed by atoms with Gasteiger partial charge in [0.2, 0.25) is 5.95 Å². The largest absolute Gasteiger partial charge is 0.507 e. The van der Waals surface area contributed by atoms with Crippen molar-refractivity contribution in [1.29, 1.82) is 0 Å². The number of halogens is 1. The van der Waals surface area contributed by atoms with Crippen LogP contribution in [0.4, 0.5) is 27.5 Å². The zero-order valence-electron chi connectivity index (χ0n) is 19.3. The van der Waals surface area contributed by atoms with Crippen molar-refractivity contribution in [2.45, 2.75) is 0 Å². The molecule has 3 N–H and O–H groups in total. The highest BCUT2D eigenvalue weighted by Crippen LogP contribution is 2.30. The first-order valence-corrected chi connectivity index (χ1v) is 11.4. The summed E-state index contributed by atoms with van der Waals surface area (Å²) in [5.41, 5.74) is 6.68. The van der Waals surface area contributed by atoms with Gasteiger partial charge in [-0.3, -0.25) is 4.98 Å². The van der Waals surface area contributed by atoms with E-state index < -0.39 is 5.82 Å². The van der Waals surface area contributed by atoms with Crippen LogP contribution in [0.25, 0.3) is 11.1 Å². The quantitative estimate of drug-likeness (QED) is 0.261. The third kappa shape index (κ3) is 5.56. The summed E-state index contributed by atoms with van der Waals surface area (Å²) >= 11 is 0. The predicted octanol–water partition coefficient (Wildman–Crippen LogP) is 4.41. The average molecular weight is 486 g/mol. The van der Waals surface area contributed by atoms with Gasteiger partial charge in [-0.15, -0.1) is 0 Å². The monoisotopic (exact) mass is 485 g/mol. The molecule has 9 nitrogen and oxygen atoms in total. The summed E-state index contributed by atoms with van der Waals surface area (Å²) in [6.07, 6.45) is 4.35. The van der Waals surface area contributed by atoms with Gasteiger partial charge in [-0.2, -0.15) is 10.1 Å². The van der Waals surface area contributed by atoms with Crippen molar-refractivity contribution in [2.24, 2.45) is 5.10 Å². The zero-order valence-corrected chi connectivity index (χ0v) is 19.3. The van der Waals surface area contributed by atoms with E-state index in [2.05, 4.69) is 30.8 Å². The molecule has 2 aromatic carbocycles. The zero-order chi connectivity index (χ0) is 24.7. The van der Waals surface area contributed by atoms with Crippen LogP contribution in [0, 0.1) is 5.82 Å². The molecule has 182 valence electrons. The molecule has 1 saturated heterocycles. The average Bonchev–Trinajstić information content (AvgIpc) is 2.91. The Hall–Kier alpha value is -4.57. The van der Waals surface area contributed by atoms with Crippen LogP contribution in [-0.4, -0.2) is 52.6 Å². The van der Waals surface area contributed by atoms with Crippen LogP contribution in [0.3, 0.4) is 0 Å². The Morgan fingerprint density at radius 1 is 0.972 bits per heavy atom. The lowest BCUT2D eigenvalue weighted by molar-refractivity contribution is 0.122. The standard InChI is InChI=1S/C26H24FN7O2/c27-23-17-29-26(32-25(23)34-10-12-36-13-11-34)33-30-16-20-8-9-21(15-28-20)31-19-5-3-4-18(14-19)22-6-1-2-7-24(22)35/h1-9,14-17,31,35H,10-13H2,(H,29,32,33)/b30-16+. The van der Waals surface area contributed by atoms with E-state index in [0.717, 1.165) is 28.7 Å². The fraction of sp³-hybridized carbons (Fsp3) is 0.154. The van der Waals surface area contributed by atoms with E-state index in [-0.39, 0.29) is 17.5 Å². The fourth-order valence-corrected chi connectivity index (χ4v) is 3.77. The van der Waals surface area contributed by atoms with Crippen LogP contribution in [0.15, 0.2) is 78.2 Å². The minimum absolute atomic E-state index is 0.191. The van der Waals surface area contributed by atoms with Gasteiger partial charge in [0.15, 0.2) is 11.6 Å². The summed E-state index contributed by atoms with van der Waals surface area (Å²) in [7, 11) is 0. The van der Waals surface area contributed by atoms with Crippen LogP contribution < -0.4 is 15.6 Å². The minimum atomic E-state index is -0.484. The topological polar surface area (TPSA) is 108 Å². The Labute approximate surface area is 207 Å². The number of aromatic nitrogens is 3. The first kappa shape index (κ1) is 23.2. The summed E-state index contributed by atoms with van der Waals surface area (Å²) in [5, 5.41) is 17.6. The molecule has 1 fully saturated rings. The normalized spacial score (nSPS) is 13.6. The molecule has 0 bridgehead atoms. The lowest BCUT2D eigenvalue weighted by Crippen LogP contribution is -2.37. The maximum Gasteiger partial charge on any atom is 0.245 e. The van der Waals surface area contributed by atoms with Gasteiger partial charge in [-0.25, -0.2) is 14.8 Å². The molecule has 0 amide bonds. The van der Waals surface area contributed by atoms with Gasteiger partial charge >= 0.3 is 0 Å². The highest BCUT2D eigenvalue weighted by atomic mass is 19.1. The minimum Gasteiger partial charge on any atom is -0.507 e. The molecule has 3 heterocycles. The summed E-state index contributed by atoms with van der Waals surface area (Å²) < 4.78 is 19.5. The lowest BCUT2D eigenvalue weighted by atomic mass is 10.0. The van der Waals surface area contributed by atoms with Crippen molar-refractivity contribution in [3.8, 4) is 16.9 Å². The fourth-order valence-electron chi connectivity index (χ4n) is 3.77. The molecule has 4 aromatic rings. The summed E-state index contributed by atoms with van der Waals surface area (Å²) in [4.78, 5) is 14.4. The molecular formula is C26H24FN7O2. The van der Waals surface area contributed by atoms with Crippen LogP contribution in [0.2, 0.25) is 0 Å². The highest BCUT2D eigenvalue weighted by molar-refractivity contribution is 5.78. The second-order valence-electron chi connectivity index (χ2n) is 8.03. The van der Waals surface area contributed by atoms with Crippen molar-refractivity contribution in [1.82, 2.24) is 15.0 Å². The number of hydrogen-bond donors (Lipinski definition) is 3. The van der Waals surface area contributed by atoms with Gasteiger partial charge in [0.1, 0.15) is 5.75 Å². The van der Waals surface area contributed by atoms with Gasteiger partial charge in [-0.05, 0) is 35.9 Å². The molecule has 36 heavy (non-hydrogen) atoms. The first-order chi connectivity index (χ1) is 17.7. The van der Waals surface area contributed by atoms with Gasteiger partial charge < -0.3 is 20.1 Å². The van der Waals surface area contributed by atoms with E-state index >= 15 is 0 Å². The number of hydrogen-bond acceptors (Lipinski definition) is 9. The molecule has 2 aromatic heterocycles. The summed E-state index contributed by atoms with van der Waals surface area (Å²) in [5.74, 6) is 0.169. The van der Waals surface area contributed by atoms with Crippen LogP contribution in [0.1, 0.15) is 5.69 Å². The Kier molecular flexibility index (Phi) is 6.95. The van der Waals surface area contributed by atoms with Crippen LogP contribution >= 0.6 is 0 Å². The van der Waals surface area contributed by atoms with E-state index in [1.54, 1.807) is 18.3 Å². The predicted molar refractivity (Wildman–Crippen MR) is 137 cm³/mol. The van der Waals surface area contributed by atoms with Crippen LogP contribution in [0.5, 0.6) is 5.75 Å². The maximum atomic E-state index is 14.2.